The molecule has 0 bridgehead atoms. The maximum atomic E-state index is 13.1. The average Bonchev–Trinajstić information content (AvgIpc) is 2.84. The Morgan fingerprint density at radius 2 is 1.52 bits per heavy atom. The molecule has 0 fully saturated rings. The molecule has 0 saturated carbocycles. The summed E-state index contributed by atoms with van der Waals surface area (Å²) in [6, 6.07) is 18.9. The third-order valence-electron chi connectivity index (χ3n) is 5.39. The van der Waals surface area contributed by atoms with Gasteiger partial charge in [0.05, 0.1) is 0 Å². The summed E-state index contributed by atoms with van der Waals surface area (Å²) in [5.41, 5.74) is 5.31. The topological polar surface area (TPSA) is 98.7 Å². The molecule has 0 atom stereocenters. The summed E-state index contributed by atoms with van der Waals surface area (Å²) in [7, 11) is 0. The zero-order chi connectivity index (χ0) is 24.0. The van der Waals surface area contributed by atoms with Gasteiger partial charge in [-0.3, -0.25) is 19.6 Å². The Morgan fingerprint density at radius 1 is 0.848 bits per heavy atom. The van der Waals surface area contributed by atoms with Crippen molar-refractivity contribution in [3.8, 4) is 11.1 Å². The first-order valence-corrected chi connectivity index (χ1v) is 10.7. The van der Waals surface area contributed by atoms with Crippen LogP contribution in [0.4, 0.5) is 5.69 Å². The molecule has 170 valence electrons. The van der Waals surface area contributed by atoms with Gasteiger partial charge in [-0.25, -0.2) is 5.48 Å². The monoisotopic (exact) mass is 445 g/mol. The SMILES string of the molecule is CCN(CC)C(=O)c1cc(NC(=O)c2ccc(C)cc2)cc(-c2ccccc2C(=O)NO)c1. The van der Waals surface area contributed by atoms with Crippen molar-refractivity contribution in [1.82, 2.24) is 10.4 Å². The van der Waals surface area contributed by atoms with Gasteiger partial charge in [0.25, 0.3) is 17.7 Å². The first-order chi connectivity index (χ1) is 15.9. The van der Waals surface area contributed by atoms with E-state index in [4.69, 9.17) is 5.21 Å². The quantitative estimate of drug-likeness (QED) is 0.368. The predicted molar refractivity (Wildman–Crippen MR) is 128 cm³/mol. The number of carbonyl (C=O) groups is 3. The third-order valence-corrected chi connectivity index (χ3v) is 5.39. The number of hydroxylamine groups is 1. The van der Waals surface area contributed by atoms with Crippen molar-refractivity contribution in [2.45, 2.75) is 20.8 Å². The zero-order valence-corrected chi connectivity index (χ0v) is 18.9. The number of nitrogens with zero attached hydrogens (tertiary/aromatic N) is 1. The van der Waals surface area contributed by atoms with Crippen molar-refractivity contribution in [3.05, 3.63) is 89.0 Å². The second kappa shape index (κ2) is 10.6. The van der Waals surface area contributed by atoms with Crippen molar-refractivity contribution in [1.29, 1.82) is 0 Å². The highest BCUT2D eigenvalue weighted by molar-refractivity contribution is 6.06. The van der Waals surface area contributed by atoms with Crippen LogP contribution in [0, 0.1) is 6.92 Å². The van der Waals surface area contributed by atoms with Gasteiger partial charge in [-0.15, -0.1) is 0 Å². The van der Waals surface area contributed by atoms with Gasteiger partial charge in [-0.1, -0.05) is 35.9 Å². The summed E-state index contributed by atoms with van der Waals surface area (Å²) < 4.78 is 0. The van der Waals surface area contributed by atoms with Gasteiger partial charge < -0.3 is 10.2 Å². The maximum Gasteiger partial charge on any atom is 0.275 e. The number of benzene rings is 3. The fraction of sp³-hybridized carbons (Fsp3) is 0.192. The van der Waals surface area contributed by atoms with Crippen LogP contribution in [0.25, 0.3) is 11.1 Å². The molecule has 7 nitrogen and oxygen atoms in total. The van der Waals surface area contributed by atoms with Gasteiger partial charge in [0, 0.05) is 35.5 Å². The molecule has 0 spiro atoms. The minimum Gasteiger partial charge on any atom is -0.339 e. The van der Waals surface area contributed by atoms with E-state index in [1.54, 1.807) is 65.0 Å². The highest BCUT2D eigenvalue weighted by atomic mass is 16.5. The molecule has 0 saturated heterocycles. The lowest BCUT2D eigenvalue weighted by atomic mass is 9.96. The van der Waals surface area contributed by atoms with Crippen molar-refractivity contribution in [2.24, 2.45) is 0 Å². The van der Waals surface area contributed by atoms with Crippen molar-refractivity contribution >= 4 is 23.4 Å². The molecule has 3 aromatic carbocycles. The number of hydrogen-bond acceptors (Lipinski definition) is 4. The molecule has 0 unspecified atom stereocenters. The van der Waals surface area contributed by atoms with Crippen molar-refractivity contribution < 1.29 is 19.6 Å². The molecule has 0 aliphatic heterocycles. The standard InChI is InChI=1S/C26H27N3O4/c1-4-29(5-2)26(32)20-14-19(22-8-6-7-9-23(22)25(31)28-33)15-21(16-20)27-24(30)18-12-10-17(3)11-13-18/h6-16,33H,4-5H2,1-3H3,(H,27,30)(H,28,31). The molecule has 0 aliphatic carbocycles. The first-order valence-electron chi connectivity index (χ1n) is 10.7. The van der Waals surface area contributed by atoms with Crippen LogP contribution in [0.15, 0.2) is 66.7 Å². The summed E-state index contributed by atoms with van der Waals surface area (Å²) in [5, 5.41) is 12.0. The summed E-state index contributed by atoms with van der Waals surface area (Å²) >= 11 is 0. The average molecular weight is 446 g/mol. The lowest BCUT2D eigenvalue weighted by Gasteiger charge is -2.20. The predicted octanol–water partition coefficient (Wildman–Crippen LogP) is 4.52. The molecule has 3 amide bonds. The summed E-state index contributed by atoms with van der Waals surface area (Å²) in [4.78, 5) is 39.8. The summed E-state index contributed by atoms with van der Waals surface area (Å²) in [6.07, 6.45) is 0. The fourth-order valence-corrected chi connectivity index (χ4v) is 3.57. The minimum atomic E-state index is -0.670. The Bertz CT molecular complexity index is 1170. The first kappa shape index (κ1) is 23.7. The maximum absolute atomic E-state index is 13.1. The van der Waals surface area contributed by atoms with E-state index in [0.29, 0.717) is 41.0 Å². The van der Waals surface area contributed by atoms with Crippen molar-refractivity contribution in [3.63, 3.8) is 0 Å². The fourth-order valence-electron chi connectivity index (χ4n) is 3.57. The van der Waals surface area contributed by atoms with E-state index >= 15 is 0 Å². The van der Waals surface area contributed by atoms with Crippen LogP contribution in [0.5, 0.6) is 0 Å². The summed E-state index contributed by atoms with van der Waals surface area (Å²) in [6.45, 7) is 6.80. The Labute approximate surface area is 193 Å². The molecule has 0 aliphatic rings. The normalized spacial score (nSPS) is 10.4. The smallest absolute Gasteiger partial charge is 0.275 e. The second-order valence-electron chi connectivity index (χ2n) is 7.58. The van der Waals surface area contributed by atoms with Gasteiger partial charge in [-0.05, 0) is 68.3 Å². The molecule has 0 heterocycles. The Morgan fingerprint density at radius 3 is 2.15 bits per heavy atom. The van der Waals surface area contributed by atoms with Gasteiger partial charge in [0.15, 0.2) is 0 Å². The number of aryl methyl sites for hydroxylation is 1. The van der Waals surface area contributed by atoms with Gasteiger partial charge in [0.2, 0.25) is 0 Å². The van der Waals surface area contributed by atoms with Gasteiger partial charge in [-0.2, -0.15) is 0 Å². The van der Waals surface area contributed by atoms with Gasteiger partial charge in [0.1, 0.15) is 0 Å². The molecule has 0 radical (unpaired) electrons. The van der Waals surface area contributed by atoms with E-state index in [0.717, 1.165) is 5.56 Å². The molecule has 3 N–H and O–H groups in total. The zero-order valence-electron chi connectivity index (χ0n) is 18.9. The molecular weight excluding hydrogens is 418 g/mol. The number of amides is 3. The third kappa shape index (κ3) is 5.45. The Balaban J connectivity index is 2.09. The number of hydrogen-bond donors (Lipinski definition) is 3. The molecule has 0 aromatic heterocycles. The van der Waals surface area contributed by atoms with E-state index in [9.17, 15) is 14.4 Å². The second-order valence-corrected chi connectivity index (χ2v) is 7.58. The molecule has 7 heteroatoms. The van der Waals surface area contributed by atoms with Crippen LogP contribution in [-0.2, 0) is 0 Å². The van der Waals surface area contributed by atoms with Crippen LogP contribution >= 0.6 is 0 Å². The van der Waals surface area contributed by atoms with Crippen molar-refractivity contribution in [2.75, 3.05) is 18.4 Å². The highest BCUT2D eigenvalue weighted by Crippen LogP contribution is 2.29. The molecule has 33 heavy (non-hydrogen) atoms. The van der Waals surface area contributed by atoms with Crippen LogP contribution < -0.4 is 10.8 Å². The number of rotatable bonds is 7. The number of carbonyl (C=O) groups excluding carboxylic acids is 3. The van der Waals surface area contributed by atoms with Crippen LogP contribution in [0.3, 0.4) is 0 Å². The number of nitrogens with one attached hydrogen (secondary N) is 2. The lowest BCUT2D eigenvalue weighted by Crippen LogP contribution is -2.30. The largest absolute Gasteiger partial charge is 0.339 e. The Hall–Kier alpha value is -3.97. The van der Waals surface area contributed by atoms with E-state index in [1.165, 1.54) is 0 Å². The van der Waals surface area contributed by atoms with Crippen LogP contribution in [-0.4, -0.2) is 40.9 Å². The lowest BCUT2D eigenvalue weighted by molar-refractivity contribution is 0.0706. The van der Waals surface area contributed by atoms with E-state index in [1.807, 2.05) is 32.9 Å². The number of anilines is 1. The molecular formula is C26H27N3O4. The van der Waals surface area contributed by atoms with Crippen LogP contribution in [0.1, 0.15) is 50.5 Å². The van der Waals surface area contributed by atoms with E-state index < -0.39 is 5.91 Å². The van der Waals surface area contributed by atoms with Crippen LogP contribution in [0.2, 0.25) is 0 Å². The molecule has 3 aromatic rings. The van der Waals surface area contributed by atoms with E-state index in [-0.39, 0.29) is 17.4 Å². The molecule has 3 rings (SSSR count). The minimum absolute atomic E-state index is 0.184. The van der Waals surface area contributed by atoms with E-state index in [2.05, 4.69) is 5.32 Å². The Kier molecular flexibility index (Phi) is 7.58. The van der Waals surface area contributed by atoms with Gasteiger partial charge >= 0.3 is 0 Å². The highest BCUT2D eigenvalue weighted by Gasteiger charge is 2.18. The summed E-state index contributed by atoms with van der Waals surface area (Å²) in [5.74, 6) is -1.16.